The zero-order valence-electron chi connectivity index (χ0n) is 24.1. The predicted octanol–water partition coefficient (Wildman–Crippen LogP) is 5.87. The van der Waals surface area contributed by atoms with Gasteiger partial charge in [0, 0.05) is 0 Å². The maximum absolute atomic E-state index is 11.0. The summed E-state index contributed by atoms with van der Waals surface area (Å²) in [4.78, 5) is 0. The maximum atomic E-state index is 11.0. The van der Waals surface area contributed by atoms with Gasteiger partial charge in [0.05, 0.1) is 6.61 Å². The van der Waals surface area contributed by atoms with Crippen LogP contribution < -0.4 is 0 Å². The summed E-state index contributed by atoms with van der Waals surface area (Å²) in [7, 11) is -6.56. The van der Waals surface area contributed by atoms with Gasteiger partial charge >= 0.3 is 0 Å². The molecule has 1 fully saturated rings. The van der Waals surface area contributed by atoms with E-state index in [0.29, 0.717) is 6.61 Å². The number of aliphatic hydroxyl groups excluding tert-OH is 2. The standard InChI is InChI=1S/C24H54O6Si3/c1-22(2,3)31(10,11)27-16-17-19(29-32(12,13)23(4,5)6)20(18(25)21(26)28-17)30-33(14,15)24(7,8)9/h17-21,25-26H,16H2,1-15H3/t17-,18+,19-,20-,21+/m1/s1. The topological polar surface area (TPSA) is 77.4 Å². The average Bonchev–Trinajstić information content (AvgIpc) is 2.56. The van der Waals surface area contributed by atoms with E-state index in [-0.39, 0.29) is 15.1 Å². The molecule has 0 radical (unpaired) electrons. The molecule has 0 aromatic rings. The molecule has 1 heterocycles. The molecule has 0 aliphatic carbocycles. The SMILES string of the molecule is CC(C)(C)[Si](C)(C)OC[C@H]1O[C@H](O)[C@@H](O)[C@@H](O[Si](C)(C)C(C)(C)C)[C@@H]1O[Si](C)(C)C(C)(C)C. The molecule has 1 saturated heterocycles. The lowest BCUT2D eigenvalue weighted by molar-refractivity contribution is -0.280. The summed E-state index contributed by atoms with van der Waals surface area (Å²) in [6.07, 6.45) is -4.26. The monoisotopic (exact) mass is 522 g/mol. The second-order valence-electron chi connectivity index (χ2n) is 14.3. The Kier molecular flexibility index (Phi) is 9.57. The van der Waals surface area contributed by atoms with Crippen LogP contribution >= 0.6 is 0 Å². The van der Waals surface area contributed by atoms with E-state index in [1.165, 1.54) is 0 Å². The van der Waals surface area contributed by atoms with Crippen molar-refractivity contribution in [2.75, 3.05) is 6.61 Å². The van der Waals surface area contributed by atoms with Crippen LogP contribution in [0.1, 0.15) is 62.3 Å². The highest BCUT2D eigenvalue weighted by molar-refractivity contribution is 6.75. The van der Waals surface area contributed by atoms with Crippen molar-refractivity contribution in [1.29, 1.82) is 0 Å². The number of aliphatic hydroxyl groups is 2. The summed E-state index contributed by atoms with van der Waals surface area (Å²) in [5.74, 6) is 0. The van der Waals surface area contributed by atoms with E-state index in [1.807, 2.05) is 0 Å². The Hall–Kier alpha value is 0.411. The van der Waals surface area contributed by atoms with Crippen LogP contribution in [0.25, 0.3) is 0 Å². The first kappa shape index (κ1) is 31.4. The minimum absolute atomic E-state index is 0.0274. The molecule has 6 nitrogen and oxygen atoms in total. The van der Waals surface area contributed by atoms with Gasteiger partial charge in [0.1, 0.15) is 24.4 Å². The first-order valence-corrected chi connectivity index (χ1v) is 21.1. The van der Waals surface area contributed by atoms with Gasteiger partial charge in [-0.25, -0.2) is 0 Å². The molecule has 0 bridgehead atoms. The molecule has 0 saturated carbocycles. The molecule has 0 spiro atoms. The quantitative estimate of drug-likeness (QED) is 0.407. The Balaban J connectivity index is 3.40. The minimum Gasteiger partial charge on any atom is -0.414 e. The Bertz CT molecular complexity index is 646. The van der Waals surface area contributed by atoms with Gasteiger partial charge in [0.15, 0.2) is 31.2 Å². The summed E-state index contributed by atoms with van der Waals surface area (Å²) in [6, 6.07) is 0. The lowest BCUT2D eigenvalue weighted by atomic mass is 9.99. The van der Waals surface area contributed by atoms with Crippen molar-refractivity contribution in [3.63, 3.8) is 0 Å². The Morgan fingerprint density at radius 2 is 1.00 bits per heavy atom. The maximum Gasteiger partial charge on any atom is 0.192 e. The number of rotatable bonds is 7. The molecule has 0 aromatic carbocycles. The van der Waals surface area contributed by atoms with E-state index >= 15 is 0 Å². The van der Waals surface area contributed by atoms with Crippen LogP contribution in [0.5, 0.6) is 0 Å². The lowest BCUT2D eigenvalue weighted by Crippen LogP contribution is -2.66. The molecule has 0 aromatic heterocycles. The molecule has 33 heavy (non-hydrogen) atoms. The Morgan fingerprint density at radius 3 is 1.36 bits per heavy atom. The molecule has 1 aliphatic heterocycles. The molecule has 198 valence electrons. The van der Waals surface area contributed by atoms with Gasteiger partial charge in [-0.1, -0.05) is 62.3 Å². The second kappa shape index (κ2) is 10.0. The van der Waals surface area contributed by atoms with Gasteiger partial charge in [-0.15, -0.1) is 0 Å². The number of hydrogen-bond donors (Lipinski definition) is 2. The molecular weight excluding hydrogens is 469 g/mol. The van der Waals surface area contributed by atoms with Crippen molar-refractivity contribution in [3.05, 3.63) is 0 Å². The summed E-state index contributed by atoms with van der Waals surface area (Å²) in [5, 5.41) is 21.7. The fraction of sp³-hybridized carbons (Fsp3) is 1.00. The van der Waals surface area contributed by atoms with Crippen molar-refractivity contribution >= 4 is 25.0 Å². The highest BCUT2D eigenvalue weighted by Crippen LogP contribution is 2.43. The zero-order valence-corrected chi connectivity index (χ0v) is 27.1. The zero-order chi connectivity index (χ0) is 26.4. The first-order valence-electron chi connectivity index (χ1n) is 12.4. The summed E-state index contributed by atoms with van der Waals surface area (Å²) in [6.45, 7) is 33.1. The van der Waals surface area contributed by atoms with E-state index in [0.717, 1.165) is 0 Å². The summed E-state index contributed by atoms with van der Waals surface area (Å²) >= 11 is 0. The molecule has 9 heteroatoms. The third-order valence-electron chi connectivity index (χ3n) is 8.52. The van der Waals surface area contributed by atoms with Crippen LogP contribution in [-0.4, -0.2) is 72.5 Å². The molecule has 5 atom stereocenters. The third-order valence-corrected chi connectivity index (χ3v) is 22.0. The van der Waals surface area contributed by atoms with Crippen molar-refractivity contribution in [2.45, 2.75) is 147 Å². The molecule has 1 rings (SSSR count). The van der Waals surface area contributed by atoms with Crippen LogP contribution in [0.3, 0.4) is 0 Å². The smallest absolute Gasteiger partial charge is 0.192 e. The van der Waals surface area contributed by atoms with Crippen molar-refractivity contribution < 1.29 is 28.2 Å². The van der Waals surface area contributed by atoms with Crippen LogP contribution in [0, 0.1) is 0 Å². The van der Waals surface area contributed by atoms with Crippen LogP contribution in [-0.2, 0) is 18.0 Å². The minimum atomic E-state index is -2.27. The van der Waals surface area contributed by atoms with E-state index in [2.05, 4.69) is 102 Å². The van der Waals surface area contributed by atoms with Gasteiger partial charge < -0.3 is 28.2 Å². The van der Waals surface area contributed by atoms with Crippen molar-refractivity contribution in [3.8, 4) is 0 Å². The molecular formula is C24H54O6Si3. The van der Waals surface area contributed by atoms with Gasteiger partial charge in [0.2, 0.25) is 0 Å². The van der Waals surface area contributed by atoms with E-state index in [4.69, 9.17) is 18.0 Å². The second-order valence-corrected chi connectivity index (χ2v) is 28.6. The first-order chi connectivity index (χ1) is 14.3. The van der Waals surface area contributed by atoms with Crippen LogP contribution in [0.2, 0.25) is 54.4 Å². The Labute approximate surface area is 207 Å². The van der Waals surface area contributed by atoms with Crippen molar-refractivity contribution in [2.24, 2.45) is 0 Å². The molecule has 0 amide bonds. The van der Waals surface area contributed by atoms with Crippen LogP contribution in [0.4, 0.5) is 0 Å². The van der Waals surface area contributed by atoms with Crippen molar-refractivity contribution in [1.82, 2.24) is 0 Å². The number of hydrogen-bond acceptors (Lipinski definition) is 6. The summed E-state index contributed by atoms with van der Waals surface area (Å²) < 4.78 is 26.0. The highest BCUT2D eigenvalue weighted by Gasteiger charge is 2.53. The van der Waals surface area contributed by atoms with E-state index in [1.54, 1.807) is 0 Å². The fourth-order valence-corrected chi connectivity index (χ4v) is 6.50. The van der Waals surface area contributed by atoms with E-state index in [9.17, 15) is 10.2 Å². The third kappa shape index (κ3) is 7.45. The van der Waals surface area contributed by atoms with Gasteiger partial charge in [-0.2, -0.15) is 0 Å². The van der Waals surface area contributed by atoms with E-state index < -0.39 is 55.7 Å². The fourth-order valence-electron chi connectivity index (χ4n) is 2.86. The molecule has 2 N–H and O–H groups in total. The predicted molar refractivity (Wildman–Crippen MR) is 144 cm³/mol. The Morgan fingerprint density at radius 1 is 0.636 bits per heavy atom. The largest absolute Gasteiger partial charge is 0.414 e. The molecule has 0 unspecified atom stereocenters. The molecule has 1 aliphatic rings. The van der Waals surface area contributed by atoms with Gasteiger partial charge in [-0.05, 0) is 54.4 Å². The van der Waals surface area contributed by atoms with Crippen LogP contribution in [0.15, 0.2) is 0 Å². The average molecular weight is 523 g/mol. The highest BCUT2D eigenvalue weighted by atomic mass is 28.4. The summed E-state index contributed by atoms with van der Waals surface area (Å²) in [5.41, 5.74) is 0. The van der Waals surface area contributed by atoms with Gasteiger partial charge in [-0.3, -0.25) is 0 Å². The number of ether oxygens (including phenoxy) is 1. The van der Waals surface area contributed by atoms with Gasteiger partial charge in [0.25, 0.3) is 0 Å². The lowest BCUT2D eigenvalue weighted by Gasteiger charge is -2.51. The normalized spacial score (nSPS) is 28.8.